The van der Waals surface area contributed by atoms with Gasteiger partial charge in [-0.2, -0.15) is 0 Å². The van der Waals surface area contributed by atoms with Crippen LogP contribution in [0.2, 0.25) is 0 Å². The van der Waals surface area contributed by atoms with E-state index in [1.54, 1.807) is 0 Å². The lowest BCUT2D eigenvalue weighted by Gasteiger charge is -2.52. The zero-order valence-corrected chi connectivity index (χ0v) is 76.8. The van der Waals surface area contributed by atoms with Gasteiger partial charge in [-0.25, -0.2) is 14.4 Å². The maximum absolute atomic E-state index is 15.3. The minimum atomic E-state index is -3.30. The molecule has 5 aliphatic rings. The van der Waals surface area contributed by atoms with Gasteiger partial charge in [0.1, 0.15) is 87.4 Å². The third kappa shape index (κ3) is 32.0. The molecule has 2 aromatic rings. The van der Waals surface area contributed by atoms with Crippen molar-refractivity contribution in [2.24, 2.45) is 0 Å². The Morgan fingerprint density at radius 1 is 0.396 bits per heavy atom. The first kappa shape index (κ1) is 109. The number of esters is 17. The first-order chi connectivity index (χ1) is 62.9. The molecule has 0 radical (unpaired) electrons. The Hall–Kier alpha value is -11.7. The number of benzene rings is 2. The number of alkyl halides is 3. The molecule has 5 fully saturated rings. The summed E-state index contributed by atoms with van der Waals surface area (Å²) in [7, 11) is 0.758. The van der Waals surface area contributed by atoms with Gasteiger partial charge in [-0.05, 0) is 24.3 Å². The second kappa shape index (κ2) is 50.1. The summed E-state index contributed by atoms with van der Waals surface area (Å²) in [6.45, 7) is 6.27. The van der Waals surface area contributed by atoms with Gasteiger partial charge < -0.3 is 139 Å². The second-order valence-electron chi connectivity index (χ2n) is 29.9. The number of carbonyl (C=O) groups excluding carboxylic acids is 19. The fraction of sp³-hybridized carbons (Fsp3) is 0.610. The molecule has 2 amide bonds. The summed E-state index contributed by atoms with van der Waals surface area (Å²) in [4.78, 5) is 260. The Kier molecular flexibility index (Phi) is 40.9. The van der Waals surface area contributed by atoms with E-state index in [1.165, 1.54) is 60.7 Å². The minimum absolute atomic E-state index is 0.277. The normalized spacial score (nSPS) is 28.6. The molecule has 49 nitrogen and oxygen atoms in total. The number of amides is 2. The Morgan fingerprint density at radius 2 is 0.776 bits per heavy atom. The van der Waals surface area contributed by atoms with Crippen LogP contribution in [0.5, 0.6) is 0 Å². The Balaban J connectivity index is 1.55. The van der Waals surface area contributed by atoms with Crippen LogP contribution in [0, 0.1) is 5.41 Å². The van der Waals surface area contributed by atoms with Crippen LogP contribution in [-0.2, 0) is 209 Å². The van der Waals surface area contributed by atoms with E-state index in [4.69, 9.17) is 168 Å². The summed E-state index contributed by atoms with van der Waals surface area (Å²) in [6, 6.07) is 9.07. The molecule has 0 aromatic heterocycles. The Labute approximate surface area is 777 Å². The van der Waals surface area contributed by atoms with Crippen LogP contribution in [0.1, 0.15) is 131 Å². The number of ether oxygens (including phenoxy) is 27. The van der Waals surface area contributed by atoms with Gasteiger partial charge in [0.05, 0.1) is 37.3 Å². The number of hydrogen-bond donors (Lipinski definition) is 3. The Morgan fingerprint density at radius 3 is 1.22 bits per heavy atom. The predicted octanol–water partition coefficient (Wildman–Crippen LogP) is 0.722. The summed E-state index contributed by atoms with van der Waals surface area (Å²) < 4.78 is 159. The number of nitrogens with one attached hydrogen (secondary N) is 3. The molecule has 7 rings (SSSR count). The number of carbonyl (C=O) groups is 19. The molecule has 5 aliphatic heterocycles. The standard InChI is InChI=1S/C82H100Cl3N3O46/c1-34(89)87-59-65(60(117-42(9)97)53(29-110-36(3)91)124-75(59)132-69-62(119-44(11)99)54(30-111-37(4)92)125-76(71(69)123-48(15)103)130-64-55(31-112-38(5)93)126-78(133-79(86)82(83,84)85)70(122-47(14)102)68(64)121-46(13)101)131-77-72(129-74(106)50-25-21-18-22-26-50)67(120-45(12)100)63(128-73(105)49-23-19-17-20-24-49)56(127-77)32-114-81(80(107)108-16)27-51(115-40(7)95)58(88-57(104)33-113-39(6)94)66(134-81)61(118-43(10)98)52(116-41(8)96)28-109-35(2)90/h17-26,51-56,58-72,75-78,86H,27-33H2,1-16H3,(H,87,89)(H,88,104)/t51-,52+,53+,54+,55+,56+,58+,59+,60+,61+,62-,63-,64+,65+,66+,67-,68-,69-,70+,71+,72+,75-,76-,77-,78+,81+/m0/s1. The SMILES string of the molecule is COC(=O)[C@@]1(OC[C@H]2O[C@@H](O[C@@H]3[C@@H](NC(C)=O)[C@H](O[C@H]4[C@@H](OC(C)=O)[C@@H](COC(C)=O)O[C@@H](O[C@H]5[C@H](OC(C)=O)[C@@H](OC(C)=O)[C@@H](OC(=N)C(Cl)(Cl)Cl)O[C@@H]5COC(C)=O)[C@@H]4OC(C)=O)O[C@H](COC(C)=O)[C@H]3OC(C)=O)[C@H](OC(=O)c3ccccc3)[C@@H](OC(C)=O)[C@H]2OC(=O)c2ccccc2)C[C@H](OC(C)=O)[C@@H](NC(=O)COC(C)=O)[C@H]([C@H](OC(C)=O)[C@@H](COC(C)=O)OC(C)=O)O1. The smallest absolute Gasteiger partial charge is 0.366 e. The highest BCUT2D eigenvalue weighted by Crippen LogP contribution is 2.44. The van der Waals surface area contributed by atoms with E-state index in [2.05, 4.69) is 10.6 Å². The average molecular weight is 1970 g/mol. The quantitative estimate of drug-likeness (QED) is 0.0274. The summed E-state index contributed by atoms with van der Waals surface area (Å²) >= 11 is 18.0. The molecule has 3 N–H and O–H groups in total. The number of methoxy groups -OCH3 is 1. The molecule has 0 saturated carbocycles. The molecule has 52 heteroatoms. The highest BCUT2D eigenvalue weighted by molar-refractivity contribution is 6.76. The average Bonchev–Trinajstić information content (AvgIpc) is 0.750. The highest BCUT2D eigenvalue weighted by atomic mass is 35.6. The maximum atomic E-state index is 15.3. The molecular weight excluding hydrogens is 1870 g/mol. The van der Waals surface area contributed by atoms with E-state index in [-0.39, 0.29) is 11.1 Å². The van der Waals surface area contributed by atoms with Crippen LogP contribution in [0.15, 0.2) is 60.7 Å². The number of hydrogen-bond acceptors (Lipinski definition) is 47. The van der Waals surface area contributed by atoms with E-state index in [0.717, 1.165) is 111 Å². The van der Waals surface area contributed by atoms with Gasteiger partial charge in [0, 0.05) is 104 Å². The van der Waals surface area contributed by atoms with E-state index in [0.29, 0.717) is 0 Å². The van der Waals surface area contributed by atoms with Crippen molar-refractivity contribution in [1.82, 2.24) is 10.6 Å². The monoisotopic (exact) mass is 1970 g/mol. The summed E-state index contributed by atoms with van der Waals surface area (Å²) in [6.07, 6.45) is -53.5. The van der Waals surface area contributed by atoms with E-state index in [1.807, 2.05) is 0 Å². The fourth-order valence-corrected chi connectivity index (χ4v) is 14.4. The third-order valence-corrected chi connectivity index (χ3v) is 19.7. The van der Waals surface area contributed by atoms with Gasteiger partial charge in [-0.15, -0.1) is 0 Å². The molecule has 0 bridgehead atoms. The lowest BCUT2D eigenvalue weighted by molar-refractivity contribution is -0.380. The van der Waals surface area contributed by atoms with Crippen LogP contribution in [0.25, 0.3) is 0 Å². The van der Waals surface area contributed by atoms with E-state index in [9.17, 15) is 81.5 Å². The molecule has 5 saturated heterocycles. The van der Waals surface area contributed by atoms with Crippen molar-refractivity contribution in [2.75, 3.05) is 46.8 Å². The lowest BCUT2D eigenvalue weighted by atomic mass is 9.87. The summed E-state index contributed by atoms with van der Waals surface area (Å²) in [5.41, 5.74) is -0.579. The van der Waals surface area contributed by atoms with Gasteiger partial charge in [0.25, 0.3) is 15.5 Å². The highest BCUT2D eigenvalue weighted by Gasteiger charge is 2.65. The number of rotatable bonds is 38. The molecule has 0 spiro atoms. The molecular formula is C82H100Cl3N3O46. The first-order valence-electron chi connectivity index (χ1n) is 40.5. The topological polar surface area (TPSA) is 621 Å². The van der Waals surface area contributed by atoms with Crippen LogP contribution in [-0.4, -0.2) is 329 Å². The van der Waals surface area contributed by atoms with Crippen molar-refractivity contribution < 1.29 is 219 Å². The van der Waals surface area contributed by atoms with Gasteiger partial charge in [-0.1, -0.05) is 71.2 Å². The van der Waals surface area contributed by atoms with Crippen molar-refractivity contribution >= 4 is 154 Å². The molecule has 26 atom stereocenters. The van der Waals surface area contributed by atoms with Crippen molar-refractivity contribution in [2.45, 2.75) is 273 Å². The molecule has 0 aliphatic carbocycles. The van der Waals surface area contributed by atoms with Gasteiger partial charge in [-0.3, -0.25) is 82.1 Å². The molecule has 0 unspecified atom stereocenters. The molecule has 134 heavy (non-hydrogen) atoms. The second-order valence-corrected chi connectivity index (χ2v) is 32.1. The zero-order valence-electron chi connectivity index (χ0n) is 74.6. The Bertz CT molecular complexity index is 4580. The van der Waals surface area contributed by atoms with Crippen molar-refractivity contribution in [1.29, 1.82) is 5.41 Å². The van der Waals surface area contributed by atoms with E-state index < -0.39 is 328 Å². The number of halogens is 3. The molecule has 5 heterocycles. The largest absolute Gasteiger partial charge is 0.465 e. The van der Waals surface area contributed by atoms with Crippen LogP contribution < -0.4 is 10.6 Å². The van der Waals surface area contributed by atoms with Gasteiger partial charge >= 0.3 is 101 Å². The van der Waals surface area contributed by atoms with Gasteiger partial charge in [0.15, 0.2) is 80.4 Å². The van der Waals surface area contributed by atoms with Crippen LogP contribution in [0.4, 0.5) is 0 Å². The van der Waals surface area contributed by atoms with E-state index >= 15 is 9.59 Å². The van der Waals surface area contributed by atoms with Crippen molar-refractivity contribution in [3.8, 4) is 0 Å². The molecule has 740 valence electrons. The minimum Gasteiger partial charge on any atom is -0.465 e. The van der Waals surface area contributed by atoms with Crippen LogP contribution >= 0.6 is 34.8 Å². The predicted molar refractivity (Wildman–Crippen MR) is 433 cm³/mol. The zero-order chi connectivity index (χ0) is 99.7. The summed E-state index contributed by atoms with van der Waals surface area (Å²) in [5.74, 6) is -27.6. The van der Waals surface area contributed by atoms with Crippen molar-refractivity contribution in [3.05, 3.63) is 71.8 Å². The molecule has 2 aromatic carbocycles. The summed E-state index contributed by atoms with van der Waals surface area (Å²) in [5, 5.41) is 13.4. The van der Waals surface area contributed by atoms with Crippen molar-refractivity contribution in [3.63, 3.8) is 0 Å². The first-order valence-corrected chi connectivity index (χ1v) is 41.6. The van der Waals surface area contributed by atoms with Crippen LogP contribution in [0.3, 0.4) is 0 Å². The third-order valence-electron chi connectivity index (χ3n) is 19.2. The fourth-order valence-electron chi connectivity index (χ4n) is 14.3. The maximum Gasteiger partial charge on any atom is 0.366 e. The lowest BCUT2D eigenvalue weighted by Crippen LogP contribution is -2.72. The van der Waals surface area contributed by atoms with Gasteiger partial charge in [0.2, 0.25) is 24.2 Å².